The van der Waals surface area contributed by atoms with Gasteiger partial charge >= 0.3 is 0 Å². The Balaban J connectivity index is 1.39. The standard InChI is InChI=1S/C23H25N3O5S2/c1-23(22(27)25-28,33(2,29)30)10-9-21-24-19-8-7-16(11-20(19)32-21)5-3-4-6-17-12-26(13-17)18-14-31-15-18/h7-8,11,17-18,28H,9-10,12-15H2,1-2H3,(H,25,27)/t23-/m1/s1. The molecule has 4 rings (SSSR count). The van der Waals surface area contributed by atoms with Crippen molar-refractivity contribution in [1.82, 2.24) is 15.4 Å². The van der Waals surface area contributed by atoms with E-state index in [9.17, 15) is 13.2 Å². The molecule has 0 radical (unpaired) electrons. The van der Waals surface area contributed by atoms with Gasteiger partial charge in [-0.3, -0.25) is 14.9 Å². The van der Waals surface area contributed by atoms with Gasteiger partial charge in [-0.15, -0.1) is 11.3 Å². The summed E-state index contributed by atoms with van der Waals surface area (Å²) in [6.07, 6.45) is 1.28. The molecule has 33 heavy (non-hydrogen) atoms. The first kappa shape index (κ1) is 23.7. The van der Waals surface area contributed by atoms with Gasteiger partial charge in [-0.25, -0.2) is 18.9 Å². The Labute approximate surface area is 197 Å². The van der Waals surface area contributed by atoms with Crippen LogP contribution in [0, 0.1) is 29.6 Å². The number of thiazole rings is 1. The summed E-state index contributed by atoms with van der Waals surface area (Å²) in [5, 5.41) is 9.66. The predicted molar refractivity (Wildman–Crippen MR) is 125 cm³/mol. The maximum atomic E-state index is 12.1. The summed E-state index contributed by atoms with van der Waals surface area (Å²) in [4.78, 5) is 18.9. The molecule has 2 aliphatic rings. The lowest BCUT2D eigenvalue weighted by Crippen LogP contribution is -2.58. The van der Waals surface area contributed by atoms with Crippen LogP contribution < -0.4 is 5.48 Å². The minimum Gasteiger partial charge on any atom is -0.378 e. The molecule has 1 atom stereocenters. The Bertz CT molecular complexity index is 1290. The molecule has 0 spiro atoms. The van der Waals surface area contributed by atoms with E-state index in [1.54, 1.807) is 0 Å². The third kappa shape index (κ3) is 5.06. The van der Waals surface area contributed by atoms with Crippen LogP contribution in [-0.4, -0.2) is 72.8 Å². The van der Waals surface area contributed by atoms with E-state index in [0.29, 0.717) is 17.0 Å². The Kier molecular flexibility index (Phi) is 6.76. The summed E-state index contributed by atoms with van der Waals surface area (Å²) in [5.74, 6) is 11.6. The molecule has 0 aliphatic carbocycles. The Morgan fingerprint density at radius 2 is 2.12 bits per heavy atom. The first-order valence-electron chi connectivity index (χ1n) is 10.6. The monoisotopic (exact) mass is 487 g/mol. The van der Waals surface area contributed by atoms with E-state index in [1.807, 2.05) is 18.2 Å². The normalized spacial score (nSPS) is 18.8. The lowest BCUT2D eigenvalue weighted by atomic mass is 9.97. The highest BCUT2D eigenvalue weighted by atomic mass is 32.2. The summed E-state index contributed by atoms with van der Waals surface area (Å²) in [5.41, 5.74) is 3.08. The average molecular weight is 488 g/mol. The highest BCUT2D eigenvalue weighted by Crippen LogP contribution is 2.28. The minimum atomic E-state index is -3.74. The summed E-state index contributed by atoms with van der Waals surface area (Å²) < 4.78 is 28.6. The maximum Gasteiger partial charge on any atom is 0.264 e. The molecular weight excluding hydrogens is 462 g/mol. The molecule has 10 heteroatoms. The van der Waals surface area contributed by atoms with E-state index in [4.69, 9.17) is 9.94 Å². The second-order valence-corrected chi connectivity index (χ2v) is 12.2. The molecule has 1 amide bonds. The molecule has 1 aromatic heterocycles. The first-order chi connectivity index (χ1) is 15.7. The summed E-state index contributed by atoms with van der Waals surface area (Å²) in [6.45, 7) is 4.93. The topological polar surface area (TPSA) is 109 Å². The van der Waals surface area contributed by atoms with Crippen LogP contribution in [0.25, 0.3) is 10.2 Å². The zero-order valence-corrected chi connectivity index (χ0v) is 20.1. The highest BCUT2D eigenvalue weighted by molar-refractivity contribution is 7.92. The summed E-state index contributed by atoms with van der Waals surface area (Å²) in [6, 6.07) is 6.25. The average Bonchev–Trinajstić information content (AvgIpc) is 3.12. The Hall–Kier alpha value is -2.47. The smallest absolute Gasteiger partial charge is 0.264 e. The minimum absolute atomic E-state index is 0.00661. The van der Waals surface area contributed by atoms with Crippen LogP contribution in [0.15, 0.2) is 18.2 Å². The van der Waals surface area contributed by atoms with Gasteiger partial charge < -0.3 is 4.74 Å². The quantitative estimate of drug-likeness (QED) is 0.358. The van der Waals surface area contributed by atoms with Crippen LogP contribution in [-0.2, 0) is 25.8 Å². The lowest BCUT2D eigenvalue weighted by molar-refractivity contribution is -0.131. The van der Waals surface area contributed by atoms with Gasteiger partial charge in [-0.1, -0.05) is 11.8 Å². The molecule has 3 heterocycles. The van der Waals surface area contributed by atoms with E-state index in [-0.39, 0.29) is 12.8 Å². The van der Waals surface area contributed by atoms with Crippen LogP contribution in [0.2, 0.25) is 0 Å². The number of likely N-dealkylation sites (tertiary alicyclic amines) is 1. The van der Waals surface area contributed by atoms with E-state index >= 15 is 0 Å². The second-order valence-electron chi connectivity index (χ2n) is 8.60. The Morgan fingerprint density at radius 1 is 1.36 bits per heavy atom. The van der Waals surface area contributed by atoms with Crippen LogP contribution in [0.3, 0.4) is 0 Å². The van der Waals surface area contributed by atoms with Gasteiger partial charge in [-0.2, -0.15) is 0 Å². The Morgan fingerprint density at radius 3 is 2.76 bits per heavy atom. The van der Waals surface area contributed by atoms with Crippen LogP contribution in [0.1, 0.15) is 23.9 Å². The number of sulfone groups is 1. The van der Waals surface area contributed by atoms with Crippen LogP contribution in [0.5, 0.6) is 0 Å². The molecule has 2 N–H and O–H groups in total. The second kappa shape index (κ2) is 9.41. The number of ether oxygens (including phenoxy) is 1. The number of benzene rings is 1. The van der Waals surface area contributed by atoms with Crippen molar-refractivity contribution in [2.75, 3.05) is 32.6 Å². The van der Waals surface area contributed by atoms with E-state index in [0.717, 1.165) is 48.3 Å². The number of fused-ring (bicyclic) bond motifs is 1. The molecule has 2 fully saturated rings. The van der Waals surface area contributed by atoms with Crippen molar-refractivity contribution < 1.29 is 23.2 Å². The highest BCUT2D eigenvalue weighted by Gasteiger charge is 2.43. The zero-order chi connectivity index (χ0) is 23.6. The number of hydroxylamine groups is 1. The zero-order valence-electron chi connectivity index (χ0n) is 18.4. The molecule has 0 bridgehead atoms. The summed E-state index contributed by atoms with van der Waals surface area (Å²) in [7, 11) is -3.74. The number of carbonyl (C=O) groups excluding carboxylic acids is 1. The van der Waals surface area contributed by atoms with Gasteiger partial charge in [0.05, 0.1) is 34.5 Å². The number of nitrogens with one attached hydrogen (secondary N) is 1. The molecule has 0 unspecified atom stereocenters. The molecule has 174 valence electrons. The van der Waals surface area contributed by atoms with Gasteiger partial charge in [-0.05, 0) is 43.4 Å². The first-order valence-corrected chi connectivity index (χ1v) is 13.3. The number of amides is 1. The van der Waals surface area contributed by atoms with Crippen molar-refractivity contribution in [3.63, 3.8) is 0 Å². The van der Waals surface area contributed by atoms with E-state index in [1.165, 1.54) is 23.7 Å². The summed E-state index contributed by atoms with van der Waals surface area (Å²) >= 11 is 1.43. The van der Waals surface area contributed by atoms with E-state index in [2.05, 4.69) is 33.6 Å². The van der Waals surface area contributed by atoms with Crippen molar-refractivity contribution in [2.24, 2.45) is 5.92 Å². The van der Waals surface area contributed by atoms with Crippen molar-refractivity contribution >= 4 is 37.3 Å². The molecular formula is C23H25N3O5S2. The number of nitrogens with zero attached hydrogens (tertiary/aromatic N) is 2. The lowest BCUT2D eigenvalue weighted by Gasteiger charge is -2.45. The number of aryl methyl sites for hydroxylation is 1. The van der Waals surface area contributed by atoms with Gasteiger partial charge in [0.15, 0.2) is 9.84 Å². The number of carbonyl (C=O) groups is 1. The van der Waals surface area contributed by atoms with Crippen molar-refractivity contribution in [3.8, 4) is 23.7 Å². The fourth-order valence-corrected chi connectivity index (χ4v) is 5.53. The molecule has 0 saturated carbocycles. The largest absolute Gasteiger partial charge is 0.378 e. The van der Waals surface area contributed by atoms with Gasteiger partial charge in [0.2, 0.25) is 0 Å². The van der Waals surface area contributed by atoms with Crippen molar-refractivity contribution in [1.29, 1.82) is 0 Å². The molecule has 2 aliphatic heterocycles. The number of hydrogen-bond donors (Lipinski definition) is 2. The number of rotatable bonds is 6. The van der Waals surface area contributed by atoms with Crippen molar-refractivity contribution in [3.05, 3.63) is 28.8 Å². The third-order valence-corrected chi connectivity index (χ3v) is 9.35. The fraction of sp³-hybridized carbons (Fsp3) is 0.478. The van der Waals surface area contributed by atoms with Crippen LogP contribution in [0.4, 0.5) is 0 Å². The maximum absolute atomic E-state index is 12.1. The fourth-order valence-electron chi connectivity index (χ4n) is 3.67. The molecule has 2 aromatic rings. The van der Waals surface area contributed by atoms with Gasteiger partial charge in [0.25, 0.3) is 5.91 Å². The van der Waals surface area contributed by atoms with Gasteiger partial charge in [0, 0.05) is 37.2 Å². The molecule has 1 aromatic carbocycles. The number of hydrogen-bond acceptors (Lipinski definition) is 8. The van der Waals surface area contributed by atoms with E-state index < -0.39 is 20.5 Å². The third-order valence-electron chi connectivity index (χ3n) is 6.24. The number of aromatic nitrogens is 1. The van der Waals surface area contributed by atoms with Crippen LogP contribution >= 0.6 is 11.3 Å². The predicted octanol–water partition coefficient (Wildman–Crippen LogP) is 1.22. The van der Waals surface area contributed by atoms with Gasteiger partial charge in [0.1, 0.15) is 4.75 Å². The SMILES string of the molecule is C[C@@](CCc1nc2ccc(C#CC#CC3CN(C4COC4)C3)cc2s1)(C(=O)NO)S(C)(=O)=O. The van der Waals surface area contributed by atoms with Crippen molar-refractivity contribution in [2.45, 2.75) is 30.6 Å². The molecule has 2 saturated heterocycles. The molecule has 8 nitrogen and oxygen atoms in total.